The predicted octanol–water partition coefficient (Wildman–Crippen LogP) is 3.02. The maximum atomic E-state index is 5.47. The lowest BCUT2D eigenvalue weighted by Gasteiger charge is -2.20. The van der Waals surface area contributed by atoms with Gasteiger partial charge in [-0.1, -0.05) is 6.07 Å². The van der Waals surface area contributed by atoms with Gasteiger partial charge < -0.3 is 9.32 Å². The first-order valence-corrected chi connectivity index (χ1v) is 6.12. The van der Waals surface area contributed by atoms with Crippen LogP contribution in [0.5, 0.6) is 0 Å². The summed E-state index contributed by atoms with van der Waals surface area (Å²) in [5, 5.41) is 0. The normalized spacial score (nSPS) is 11.9. The van der Waals surface area contributed by atoms with Gasteiger partial charge in [-0.25, -0.2) is 4.98 Å². The molecule has 0 saturated carbocycles. The summed E-state index contributed by atoms with van der Waals surface area (Å²) >= 11 is 0. The zero-order valence-corrected chi connectivity index (χ0v) is 11.0. The van der Waals surface area contributed by atoms with E-state index < -0.39 is 0 Å². The maximum absolute atomic E-state index is 5.47. The molecule has 0 spiro atoms. The number of likely N-dealkylation sites (N-methyl/N-ethyl adjacent to an activating group) is 1. The van der Waals surface area contributed by atoms with Crippen molar-refractivity contribution in [3.05, 3.63) is 29.7 Å². The number of fused-ring (bicyclic) bond motifs is 1. The van der Waals surface area contributed by atoms with Gasteiger partial charge in [0.1, 0.15) is 5.52 Å². The standard InChI is InChI=1S/C14H20N2O/c1-10(2)16(4)8-7-12-5-6-14-13(9-12)15-11(3)17-14/h5-6,9-10H,7-8H2,1-4H3. The third-order valence-electron chi connectivity index (χ3n) is 3.19. The zero-order chi connectivity index (χ0) is 12.4. The Balaban J connectivity index is 2.08. The molecule has 3 heteroatoms. The van der Waals surface area contributed by atoms with Gasteiger partial charge in [0.25, 0.3) is 0 Å². The third-order valence-corrected chi connectivity index (χ3v) is 3.19. The number of oxazole rings is 1. The van der Waals surface area contributed by atoms with Crippen molar-refractivity contribution in [1.29, 1.82) is 0 Å². The molecular weight excluding hydrogens is 212 g/mol. The molecule has 92 valence electrons. The molecule has 0 atom stereocenters. The van der Waals surface area contributed by atoms with Crippen LogP contribution in [-0.2, 0) is 6.42 Å². The minimum Gasteiger partial charge on any atom is -0.441 e. The van der Waals surface area contributed by atoms with Gasteiger partial charge in [-0.05, 0) is 45.0 Å². The molecule has 2 rings (SSSR count). The summed E-state index contributed by atoms with van der Waals surface area (Å²) in [6.45, 7) is 7.38. The fourth-order valence-electron chi connectivity index (χ4n) is 1.81. The van der Waals surface area contributed by atoms with Crippen LogP contribution in [0, 0.1) is 6.92 Å². The number of hydrogen-bond donors (Lipinski definition) is 0. The minimum absolute atomic E-state index is 0.591. The average molecular weight is 232 g/mol. The molecule has 0 unspecified atom stereocenters. The number of nitrogens with zero attached hydrogens (tertiary/aromatic N) is 2. The minimum atomic E-state index is 0.591. The largest absolute Gasteiger partial charge is 0.441 e. The van der Waals surface area contributed by atoms with E-state index in [0.717, 1.165) is 30.0 Å². The Labute approximate surface area is 102 Å². The van der Waals surface area contributed by atoms with Crippen molar-refractivity contribution in [3.8, 4) is 0 Å². The van der Waals surface area contributed by atoms with Crippen molar-refractivity contribution in [3.63, 3.8) is 0 Å². The molecule has 0 aliphatic carbocycles. The van der Waals surface area contributed by atoms with E-state index in [1.807, 2.05) is 13.0 Å². The highest BCUT2D eigenvalue weighted by atomic mass is 16.3. The van der Waals surface area contributed by atoms with Gasteiger partial charge in [-0.3, -0.25) is 0 Å². The van der Waals surface area contributed by atoms with Crippen LogP contribution < -0.4 is 0 Å². The smallest absolute Gasteiger partial charge is 0.192 e. The first kappa shape index (κ1) is 12.1. The van der Waals surface area contributed by atoms with E-state index in [2.05, 4.69) is 42.9 Å². The van der Waals surface area contributed by atoms with E-state index in [1.165, 1.54) is 5.56 Å². The molecule has 2 aromatic rings. The van der Waals surface area contributed by atoms with E-state index in [4.69, 9.17) is 4.42 Å². The molecule has 17 heavy (non-hydrogen) atoms. The quantitative estimate of drug-likeness (QED) is 0.811. The van der Waals surface area contributed by atoms with Crippen LogP contribution in [0.15, 0.2) is 22.6 Å². The summed E-state index contributed by atoms with van der Waals surface area (Å²) in [6, 6.07) is 6.86. The number of rotatable bonds is 4. The fraction of sp³-hybridized carbons (Fsp3) is 0.500. The Morgan fingerprint density at radius 2 is 2.12 bits per heavy atom. The highest BCUT2D eigenvalue weighted by molar-refractivity contribution is 5.73. The second kappa shape index (κ2) is 4.88. The van der Waals surface area contributed by atoms with E-state index in [9.17, 15) is 0 Å². The second-order valence-corrected chi connectivity index (χ2v) is 4.86. The lowest BCUT2D eigenvalue weighted by Crippen LogP contribution is -2.28. The molecule has 0 aliphatic rings. The Morgan fingerprint density at radius 1 is 1.35 bits per heavy atom. The summed E-state index contributed by atoms with van der Waals surface area (Å²) < 4.78 is 5.47. The number of benzene rings is 1. The topological polar surface area (TPSA) is 29.3 Å². The SMILES string of the molecule is Cc1nc2cc(CCN(C)C(C)C)ccc2o1. The highest BCUT2D eigenvalue weighted by Gasteiger charge is 2.06. The van der Waals surface area contributed by atoms with E-state index in [0.29, 0.717) is 6.04 Å². The Hall–Kier alpha value is -1.35. The van der Waals surface area contributed by atoms with Crippen LogP contribution in [0.1, 0.15) is 25.3 Å². The summed E-state index contributed by atoms with van der Waals surface area (Å²) in [4.78, 5) is 6.70. The van der Waals surface area contributed by atoms with E-state index in [-0.39, 0.29) is 0 Å². The number of aromatic nitrogens is 1. The maximum Gasteiger partial charge on any atom is 0.192 e. The molecule has 0 fully saturated rings. The van der Waals surface area contributed by atoms with Gasteiger partial charge in [0.05, 0.1) is 0 Å². The van der Waals surface area contributed by atoms with Crippen molar-refractivity contribution in [2.24, 2.45) is 0 Å². The molecule has 0 N–H and O–H groups in total. The lowest BCUT2D eigenvalue weighted by molar-refractivity contribution is 0.277. The van der Waals surface area contributed by atoms with Crippen molar-refractivity contribution >= 4 is 11.1 Å². The molecule has 0 aliphatic heterocycles. The molecule has 1 aromatic heterocycles. The van der Waals surface area contributed by atoms with Gasteiger partial charge in [0.2, 0.25) is 0 Å². The van der Waals surface area contributed by atoms with Crippen LogP contribution in [0.3, 0.4) is 0 Å². The van der Waals surface area contributed by atoms with Crippen LogP contribution in [0.4, 0.5) is 0 Å². The Kier molecular flexibility index (Phi) is 3.48. The predicted molar refractivity (Wildman–Crippen MR) is 70.2 cm³/mol. The molecule has 3 nitrogen and oxygen atoms in total. The second-order valence-electron chi connectivity index (χ2n) is 4.86. The number of hydrogen-bond acceptors (Lipinski definition) is 3. The van der Waals surface area contributed by atoms with Gasteiger partial charge in [-0.15, -0.1) is 0 Å². The average Bonchev–Trinajstić information content (AvgIpc) is 2.64. The van der Waals surface area contributed by atoms with Gasteiger partial charge in [0.15, 0.2) is 11.5 Å². The molecule has 0 saturated heterocycles. The zero-order valence-electron chi connectivity index (χ0n) is 11.0. The van der Waals surface area contributed by atoms with Gasteiger partial charge in [-0.2, -0.15) is 0 Å². The third kappa shape index (κ3) is 2.86. The molecule has 1 aromatic carbocycles. The Bertz CT molecular complexity index is 502. The molecule has 1 heterocycles. The molecule has 0 radical (unpaired) electrons. The van der Waals surface area contributed by atoms with Crippen LogP contribution in [-0.4, -0.2) is 29.5 Å². The van der Waals surface area contributed by atoms with E-state index >= 15 is 0 Å². The van der Waals surface area contributed by atoms with E-state index in [1.54, 1.807) is 0 Å². The van der Waals surface area contributed by atoms with Crippen LogP contribution in [0.2, 0.25) is 0 Å². The van der Waals surface area contributed by atoms with Crippen LogP contribution >= 0.6 is 0 Å². The molecule has 0 amide bonds. The van der Waals surface area contributed by atoms with Gasteiger partial charge in [0, 0.05) is 19.5 Å². The summed E-state index contributed by atoms with van der Waals surface area (Å²) in [7, 11) is 2.16. The van der Waals surface area contributed by atoms with Crippen molar-refractivity contribution in [2.75, 3.05) is 13.6 Å². The fourth-order valence-corrected chi connectivity index (χ4v) is 1.81. The number of aryl methyl sites for hydroxylation is 1. The van der Waals surface area contributed by atoms with Crippen molar-refractivity contribution < 1.29 is 4.42 Å². The summed E-state index contributed by atoms with van der Waals surface area (Å²) in [5.41, 5.74) is 3.16. The molecular formula is C14H20N2O. The highest BCUT2D eigenvalue weighted by Crippen LogP contribution is 2.17. The Morgan fingerprint density at radius 3 is 2.82 bits per heavy atom. The van der Waals surface area contributed by atoms with Gasteiger partial charge >= 0.3 is 0 Å². The lowest BCUT2D eigenvalue weighted by atomic mass is 10.1. The first-order valence-electron chi connectivity index (χ1n) is 6.12. The van der Waals surface area contributed by atoms with Crippen molar-refractivity contribution in [1.82, 2.24) is 9.88 Å². The van der Waals surface area contributed by atoms with Crippen LogP contribution in [0.25, 0.3) is 11.1 Å². The summed E-state index contributed by atoms with van der Waals surface area (Å²) in [5.74, 6) is 0.733. The molecule has 0 bridgehead atoms. The van der Waals surface area contributed by atoms with Crippen molar-refractivity contribution in [2.45, 2.75) is 33.2 Å². The monoisotopic (exact) mass is 232 g/mol. The summed E-state index contributed by atoms with van der Waals surface area (Å²) in [6.07, 6.45) is 1.05. The first-order chi connectivity index (χ1) is 8.06.